The summed E-state index contributed by atoms with van der Waals surface area (Å²) in [5.74, 6) is 0. The largest absolute Gasteiger partial charge is 0.314 e. The summed E-state index contributed by atoms with van der Waals surface area (Å²) in [7, 11) is 3.76. The number of benzene rings is 2. The van der Waals surface area contributed by atoms with Crippen LogP contribution in [0.1, 0.15) is 5.69 Å². The zero-order valence-electron chi connectivity index (χ0n) is 15.0. The Hall–Kier alpha value is -2.96. The summed E-state index contributed by atoms with van der Waals surface area (Å²) in [5, 5.41) is 16.4. The fraction of sp³-hybridized carbons (Fsp3) is 0.150. The highest BCUT2D eigenvalue weighted by Gasteiger charge is 2.15. The Morgan fingerprint density at radius 1 is 1.11 bits per heavy atom. The van der Waals surface area contributed by atoms with Crippen LogP contribution in [0.5, 0.6) is 0 Å². The monoisotopic (exact) mass is 379 g/mol. The van der Waals surface area contributed by atoms with Crippen LogP contribution in [0.2, 0.25) is 5.02 Å². The third kappa shape index (κ3) is 3.13. The van der Waals surface area contributed by atoms with Crippen molar-refractivity contribution in [3.8, 4) is 22.4 Å². The SMILES string of the molecule is CNCc1n[nH]c(=O)c2ccc(-c3cnn(C)c3-c3ccc(Cl)cc3)cc12. The second-order valence-electron chi connectivity index (χ2n) is 6.33. The molecule has 4 aromatic rings. The van der Waals surface area contributed by atoms with Crippen LogP contribution in [0, 0.1) is 0 Å². The average Bonchev–Trinajstić information content (AvgIpc) is 3.06. The summed E-state index contributed by atoms with van der Waals surface area (Å²) in [6.45, 7) is 0.563. The van der Waals surface area contributed by atoms with Crippen LogP contribution in [0.3, 0.4) is 0 Å². The van der Waals surface area contributed by atoms with Gasteiger partial charge < -0.3 is 5.32 Å². The van der Waals surface area contributed by atoms with Gasteiger partial charge in [0.25, 0.3) is 5.56 Å². The van der Waals surface area contributed by atoms with Gasteiger partial charge in [-0.2, -0.15) is 10.2 Å². The van der Waals surface area contributed by atoms with E-state index in [1.807, 2.05) is 67.4 Å². The van der Waals surface area contributed by atoms with E-state index < -0.39 is 0 Å². The molecule has 0 saturated heterocycles. The second-order valence-corrected chi connectivity index (χ2v) is 6.76. The summed E-state index contributed by atoms with van der Waals surface area (Å²) in [4.78, 5) is 12.1. The van der Waals surface area contributed by atoms with E-state index in [4.69, 9.17) is 11.6 Å². The molecule has 2 N–H and O–H groups in total. The van der Waals surface area contributed by atoms with E-state index in [1.165, 1.54) is 0 Å². The topological polar surface area (TPSA) is 75.6 Å². The standard InChI is InChI=1S/C20H18ClN5O/c1-22-11-18-16-9-13(5-8-15(16)20(27)25-24-18)17-10-23-26(2)19(17)12-3-6-14(21)7-4-12/h3-10,22H,11H2,1-2H3,(H,25,27). The van der Waals surface area contributed by atoms with Gasteiger partial charge in [0.05, 0.1) is 23.0 Å². The van der Waals surface area contributed by atoms with E-state index in [2.05, 4.69) is 20.6 Å². The maximum absolute atomic E-state index is 12.1. The molecule has 136 valence electrons. The van der Waals surface area contributed by atoms with Gasteiger partial charge in [0, 0.05) is 35.1 Å². The van der Waals surface area contributed by atoms with E-state index in [1.54, 1.807) is 0 Å². The van der Waals surface area contributed by atoms with Gasteiger partial charge in [0.1, 0.15) is 0 Å². The highest BCUT2D eigenvalue weighted by Crippen LogP contribution is 2.33. The van der Waals surface area contributed by atoms with Gasteiger partial charge in [0.2, 0.25) is 0 Å². The van der Waals surface area contributed by atoms with Gasteiger partial charge >= 0.3 is 0 Å². The zero-order valence-corrected chi connectivity index (χ0v) is 15.7. The van der Waals surface area contributed by atoms with Crippen molar-refractivity contribution in [1.29, 1.82) is 0 Å². The highest BCUT2D eigenvalue weighted by atomic mass is 35.5. The Kier molecular flexibility index (Phi) is 4.51. The smallest absolute Gasteiger partial charge is 0.272 e. The lowest BCUT2D eigenvalue weighted by Gasteiger charge is -2.09. The molecule has 0 unspecified atom stereocenters. The van der Waals surface area contributed by atoms with Crippen molar-refractivity contribution in [3.05, 3.63) is 69.7 Å². The number of hydrogen-bond donors (Lipinski definition) is 2. The molecule has 0 aliphatic rings. The van der Waals surface area contributed by atoms with E-state index >= 15 is 0 Å². The quantitative estimate of drug-likeness (QED) is 0.570. The fourth-order valence-electron chi connectivity index (χ4n) is 3.29. The molecule has 0 amide bonds. The van der Waals surface area contributed by atoms with Gasteiger partial charge in [-0.15, -0.1) is 0 Å². The second kappa shape index (κ2) is 6.98. The van der Waals surface area contributed by atoms with Crippen LogP contribution in [-0.4, -0.2) is 27.0 Å². The average molecular weight is 380 g/mol. The molecule has 0 fully saturated rings. The van der Waals surface area contributed by atoms with Crippen molar-refractivity contribution >= 4 is 22.4 Å². The number of aryl methyl sites for hydroxylation is 1. The van der Waals surface area contributed by atoms with E-state index in [9.17, 15) is 4.79 Å². The van der Waals surface area contributed by atoms with Crippen molar-refractivity contribution in [2.45, 2.75) is 6.54 Å². The molecule has 4 rings (SSSR count). The minimum absolute atomic E-state index is 0.194. The van der Waals surface area contributed by atoms with Gasteiger partial charge in [-0.05, 0) is 36.9 Å². The molecule has 0 saturated carbocycles. The highest BCUT2D eigenvalue weighted by molar-refractivity contribution is 6.30. The number of rotatable bonds is 4. The number of aromatic amines is 1. The van der Waals surface area contributed by atoms with Crippen molar-refractivity contribution < 1.29 is 0 Å². The summed E-state index contributed by atoms with van der Waals surface area (Å²) >= 11 is 6.03. The molecule has 2 aromatic carbocycles. The molecule has 0 spiro atoms. The first-order valence-electron chi connectivity index (χ1n) is 8.52. The predicted octanol–water partition coefficient (Wildman–Crippen LogP) is 3.36. The Morgan fingerprint density at radius 3 is 2.59 bits per heavy atom. The first kappa shape index (κ1) is 17.5. The van der Waals surface area contributed by atoms with E-state index in [0.29, 0.717) is 17.0 Å². The van der Waals surface area contributed by atoms with Crippen molar-refractivity contribution in [3.63, 3.8) is 0 Å². The number of nitrogens with zero attached hydrogens (tertiary/aromatic N) is 3. The lowest BCUT2D eigenvalue weighted by molar-refractivity contribution is 0.773. The fourth-order valence-corrected chi connectivity index (χ4v) is 3.41. The van der Waals surface area contributed by atoms with Gasteiger partial charge in [-0.25, -0.2) is 5.10 Å². The summed E-state index contributed by atoms with van der Waals surface area (Å²) < 4.78 is 1.84. The molecule has 0 radical (unpaired) electrons. The first-order chi connectivity index (χ1) is 13.1. The van der Waals surface area contributed by atoms with Gasteiger partial charge in [-0.3, -0.25) is 9.48 Å². The van der Waals surface area contributed by atoms with Crippen molar-refractivity contribution in [1.82, 2.24) is 25.3 Å². The van der Waals surface area contributed by atoms with E-state index in [-0.39, 0.29) is 5.56 Å². The minimum Gasteiger partial charge on any atom is -0.314 e. The van der Waals surface area contributed by atoms with Crippen LogP contribution in [0.15, 0.2) is 53.5 Å². The lowest BCUT2D eigenvalue weighted by Crippen LogP contribution is -2.15. The molecule has 0 aliphatic carbocycles. The molecule has 6 nitrogen and oxygen atoms in total. The van der Waals surface area contributed by atoms with Crippen LogP contribution in [0.25, 0.3) is 33.2 Å². The molecular formula is C20H18ClN5O. The third-order valence-electron chi connectivity index (χ3n) is 4.58. The molecule has 0 atom stereocenters. The Labute approximate surface area is 160 Å². The van der Waals surface area contributed by atoms with Crippen LogP contribution < -0.4 is 10.9 Å². The zero-order chi connectivity index (χ0) is 19.0. The molecular weight excluding hydrogens is 362 g/mol. The molecule has 2 heterocycles. The molecule has 0 bridgehead atoms. The Balaban J connectivity index is 1.92. The number of halogens is 1. The lowest BCUT2D eigenvalue weighted by atomic mass is 9.98. The number of H-pyrrole nitrogens is 1. The van der Waals surface area contributed by atoms with Gasteiger partial charge in [-0.1, -0.05) is 29.8 Å². The molecule has 27 heavy (non-hydrogen) atoms. The number of aromatic nitrogens is 4. The van der Waals surface area contributed by atoms with Crippen molar-refractivity contribution in [2.75, 3.05) is 7.05 Å². The maximum atomic E-state index is 12.1. The van der Waals surface area contributed by atoms with E-state index in [0.717, 1.165) is 33.5 Å². The summed E-state index contributed by atoms with van der Waals surface area (Å²) in [5.41, 5.74) is 4.57. The summed E-state index contributed by atoms with van der Waals surface area (Å²) in [6, 6.07) is 13.5. The van der Waals surface area contributed by atoms with Crippen LogP contribution in [0.4, 0.5) is 0 Å². The van der Waals surface area contributed by atoms with Crippen LogP contribution >= 0.6 is 11.6 Å². The Bertz CT molecular complexity index is 1180. The summed E-state index contributed by atoms with van der Waals surface area (Å²) in [6.07, 6.45) is 1.84. The van der Waals surface area contributed by atoms with Gasteiger partial charge in [0.15, 0.2) is 0 Å². The Morgan fingerprint density at radius 2 is 1.85 bits per heavy atom. The minimum atomic E-state index is -0.194. The molecule has 0 aliphatic heterocycles. The number of hydrogen-bond acceptors (Lipinski definition) is 4. The third-order valence-corrected chi connectivity index (χ3v) is 4.83. The molecule has 7 heteroatoms. The normalized spacial score (nSPS) is 11.2. The van der Waals surface area contributed by atoms with Crippen molar-refractivity contribution in [2.24, 2.45) is 7.05 Å². The predicted molar refractivity (Wildman–Crippen MR) is 108 cm³/mol. The number of nitrogens with one attached hydrogen (secondary N) is 2. The van der Waals surface area contributed by atoms with Crippen LogP contribution in [-0.2, 0) is 13.6 Å². The maximum Gasteiger partial charge on any atom is 0.272 e. The molecule has 2 aromatic heterocycles. The number of fused-ring (bicyclic) bond motifs is 1. The first-order valence-corrected chi connectivity index (χ1v) is 8.90.